The van der Waals surface area contributed by atoms with Crippen molar-refractivity contribution in [1.82, 2.24) is 10.2 Å². The lowest BCUT2D eigenvalue weighted by Gasteiger charge is -2.29. The molecule has 1 aliphatic rings. The van der Waals surface area contributed by atoms with Crippen molar-refractivity contribution < 1.29 is 9.53 Å². The fraction of sp³-hybridized carbons (Fsp3) is 0.706. The molecule has 1 amide bonds. The van der Waals surface area contributed by atoms with Crippen LogP contribution in [-0.2, 0) is 4.74 Å². The zero-order chi connectivity index (χ0) is 16.2. The molecule has 1 aromatic heterocycles. The highest BCUT2D eigenvalue weighted by Crippen LogP contribution is 2.21. The summed E-state index contributed by atoms with van der Waals surface area (Å²) in [5, 5.41) is 5.77. The van der Waals surface area contributed by atoms with Crippen molar-refractivity contribution in [1.29, 1.82) is 0 Å². The first kappa shape index (κ1) is 17.3. The maximum absolute atomic E-state index is 12.3. The number of ether oxygens (including phenoxy) is 1. The quantitative estimate of drug-likeness (QED) is 0.906. The smallest absolute Gasteiger partial charge is 0.410 e. The third-order valence-corrected chi connectivity index (χ3v) is 4.83. The summed E-state index contributed by atoms with van der Waals surface area (Å²) in [5.41, 5.74) is -0.434. The number of hydrogen-bond donors (Lipinski definition) is 1. The highest BCUT2D eigenvalue weighted by Gasteiger charge is 2.27. The van der Waals surface area contributed by atoms with Gasteiger partial charge >= 0.3 is 6.09 Å². The van der Waals surface area contributed by atoms with E-state index in [-0.39, 0.29) is 6.09 Å². The molecule has 0 aromatic carbocycles. The van der Waals surface area contributed by atoms with Gasteiger partial charge in [-0.3, -0.25) is 0 Å². The van der Waals surface area contributed by atoms with Crippen LogP contribution in [0.4, 0.5) is 4.79 Å². The lowest BCUT2D eigenvalue weighted by molar-refractivity contribution is 0.0242. The van der Waals surface area contributed by atoms with Crippen LogP contribution in [-0.4, -0.2) is 35.7 Å². The Kier molecular flexibility index (Phi) is 5.87. The van der Waals surface area contributed by atoms with Crippen molar-refractivity contribution in [3.05, 3.63) is 22.4 Å². The third-order valence-electron chi connectivity index (χ3n) is 3.78. The summed E-state index contributed by atoms with van der Waals surface area (Å²) >= 11 is 1.77. The molecule has 22 heavy (non-hydrogen) atoms. The maximum atomic E-state index is 12.3. The third kappa shape index (κ3) is 5.29. The number of hydrogen-bond acceptors (Lipinski definition) is 4. The minimum Gasteiger partial charge on any atom is -0.444 e. The fourth-order valence-electron chi connectivity index (χ4n) is 2.74. The molecular weight excluding hydrogens is 296 g/mol. The average molecular weight is 324 g/mol. The molecule has 0 aliphatic carbocycles. The van der Waals surface area contributed by atoms with Crippen LogP contribution >= 0.6 is 11.3 Å². The average Bonchev–Trinajstić information content (AvgIpc) is 2.84. The van der Waals surface area contributed by atoms with E-state index in [1.54, 1.807) is 11.3 Å². The van der Waals surface area contributed by atoms with Gasteiger partial charge in [-0.1, -0.05) is 12.5 Å². The Hall–Kier alpha value is -1.07. The van der Waals surface area contributed by atoms with E-state index in [1.165, 1.54) is 4.88 Å². The van der Waals surface area contributed by atoms with Gasteiger partial charge in [0.05, 0.1) is 0 Å². The second kappa shape index (κ2) is 7.47. The van der Waals surface area contributed by atoms with E-state index in [2.05, 4.69) is 29.8 Å². The van der Waals surface area contributed by atoms with Crippen LogP contribution in [0.15, 0.2) is 17.5 Å². The molecule has 0 spiro atoms. The number of carbonyl (C=O) groups is 1. The van der Waals surface area contributed by atoms with Gasteiger partial charge in [0.1, 0.15) is 5.60 Å². The van der Waals surface area contributed by atoms with Crippen molar-refractivity contribution in [3.63, 3.8) is 0 Å². The van der Waals surface area contributed by atoms with Gasteiger partial charge in [0.2, 0.25) is 0 Å². The van der Waals surface area contributed by atoms with E-state index >= 15 is 0 Å². The van der Waals surface area contributed by atoms with Crippen LogP contribution in [0.2, 0.25) is 0 Å². The molecule has 2 heterocycles. The topological polar surface area (TPSA) is 41.6 Å². The summed E-state index contributed by atoms with van der Waals surface area (Å²) in [5.74, 6) is 0. The molecule has 1 saturated heterocycles. The van der Waals surface area contributed by atoms with E-state index in [4.69, 9.17) is 4.74 Å². The lowest BCUT2D eigenvalue weighted by atomic mass is 10.1. The van der Waals surface area contributed by atoms with E-state index in [9.17, 15) is 4.79 Å². The molecular formula is C17H28N2O2S. The van der Waals surface area contributed by atoms with Gasteiger partial charge in [-0.05, 0) is 52.0 Å². The highest BCUT2D eigenvalue weighted by molar-refractivity contribution is 7.10. The summed E-state index contributed by atoms with van der Waals surface area (Å²) < 4.78 is 5.52. The zero-order valence-electron chi connectivity index (χ0n) is 14.1. The Morgan fingerprint density at radius 3 is 2.86 bits per heavy atom. The van der Waals surface area contributed by atoms with Crippen LogP contribution in [0.25, 0.3) is 0 Å². The van der Waals surface area contributed by atoms with E-state index in [0.29, 0.717) is 12.1 Å². The molecule has 1 aromatic rings. The number of nitrogens with one attached hydrogen (secondary N) is 1. The van der Waals surface area contributed by atoms with Crippen molar-refractivity contribution in [2.45, 2.75) is 64.6 Å². The molecule has 124 valence electrons. The van der Waals surface area contributed by atoms with Gasteiger partial charge in [-0.2, -0.15) is 0 Å². The molecule has 0 bridgehead atoms. The second-order valence-electron chi connectivity index (χ2n) is 7.02. The monoisotopic (exact) mass is 324 g/mol. The Morgan fingerprint density at radius 2 is 2.23 bits per heavy atom. The summed E-state index contributed by atoms with van der Waals surface area (Å²) in [6.07, 6.45) is 3.11. The molecule has 1 N–H and O–H groups in total. The van der Waals surface area contributed by atoms with E-state index in [0.717, 1.165) is 32.4 Å². The predicted molar refractivity (Wildman–Crippen MR) is 91.3 cm³/mol. The summed E-state index contributed by atoms with van der Waals surface area (Å²) in [4.78, 5) is 15.5. The molecule has 2 unspecified atom stereocenters. The predicted octanol–water partition coefficient (Wildman–Crippen LogP) is 4.19. The van der Waals surface area contributed by atoms with Crippen molar-refractivity contribution in [2.75, 3.05) is 13.1 Å². The van der Waals surface area contributed by atoms with Crippen LogP contribution < -0.4 is 5.32 Å². The first-order valence-electron chi connectivity index (χ1n) is 8.12. The van der Waals surface area contributed by atoms with Crippen LogP contribution in [0.1, 0.15) is 57.9 Å². The lowest BCUT2D eigenvalue weighted by Crippen LogP contribution is -2.44. The Labute approximate surface area is 137 Å². The van der Waals surface area contributed by atoms with E-state index in [1.807, 2.05) is 25.7 Å². The van der Waals surface area contributed by atoms with Gasteiger partial charge < -0.3 is 15.0 Å². The van der Waals surface area contributed by atoms with Crippen molar-refractivity contribution >= 4 is 17.4 Å². The first-order valence-corrected chi connectivity index (χ1v) is 9.00. The summed E-state index contributed by atoms with van der Waals surface area (Å²) in [7, 11) is 0. The van der Waals surface area contributed by atoms with Gasteiger partial charge in [0.25, 0.3) is 0 Å². The Balaban J connectivity index is 1.93. The molecule has 2 atom stereocenters. The largest absolute Gasteiger partial charge is 0.444 e. The molecule has 4 nitrogen and oxygen atoms in total. The molecule has 5 heteroatoms. The Bertz CT molecular complexity index is 468. The van der Waals surface area contributed by atoms with Gasteiger partial charge in [-0.15, -0.1) is 11.3 Å². The number of likely N-dealkylation sites (tertiary alicyclic amines) is 1. The maximum Gasteiger partial charge on any atom is 0.410 e. The van der Waals surface area contributed by atoms with Crippen molar-refractivity contribution in [3.8, 4) is 0 Å². The van der Waals surface area contributed by atoms with Gasteiger partial charge in [0, 0.05) is 30.1 Å². The SMILES string of the molecule is CC(NC1CCCCN(C(=O)OC(C)(C)C)C1)c1cccs1. The van der Waals surface area contributed by atoms with Gasteiger partial charge in [0.15, 0.2) is 0 Å². The highest BCUT2D eigenvalue weighted by atomic mass is 32.1. The summed E-state index contributed by atoms with van der Waals surface area (Å²) in [6, 6.07) is 4.89. The Morgan fingerprint density at radius 1 is 1.45 bits per heavy atom. The second-order valence-corrected chi connectivity index (χ2v) is 8.00. The standard InChI is InChI=1S/C17H28N2O2S/c1-13(15-9-7-11-22-15)18-14-8-5-6-10-19(12-14)16(20)21-17(2,3)4/h7,9,11,13-14,18H,5-6,8,10,12H2,1-4H3. The van der Waals surface area contributed by atoms with Crippen LogP contribution in [0, 0.1) is 0 Å². The number of nitrogens with zero attached hydrogens (tertiary/aromatic N) is 1. The normalized spacial score (nSPS) is 21.3. The number of rotatable bonds is 3. The molecule has 0 saturated carbocycles. The minimum atomic E-state index is -0.434. The first-order chi connectivity index (χ1) is 10.3. The van der Waals surface area contributed by atoms with Crippen molar-refractivity contribution in [2.24, 2.45) is 0 Å². The van der Waals surface area contributed by atoms with Crippen LogP contribution in [0.5, 0.6) is 0 Å². The van der Waals surface area contributed by atoms with E-state index < -0.39 is 5.60 Å². The van der Waals surface area contributed by atoms with Crippen LogP contribution in [0.3, 0.4) is 0 Å². The molecule has 1 aliphatic heterocycles. The molecule has 0 radical (unpaired) electrons. The zero-order valence-corrected chi connectivity index (χ0v) is 14.9. The minimum absolute atomic E-state index is 0.190. The molecule has 2 rings (SSSR count). The molecule has 1 fully saturated rings. The summed E-state index contributed by atoms with van der Waals surface area (Å²) in [6.45, 7) is 9.45. The number of thiophene rings is 1. The number of amides is 1. The number of carbonyl (C=O) groups excluding carboxylic acids is 1. The fourth-order valence-corrected chi connectivity index (χ4v) is 3.49. The van der Waals surface area contributed by atoms with Gasteiger partial charge in [-0.25, -0.2) is 4.79 Å².